The van der Waals surface area contributed by atoms with Crippen LogP contribution in [0.25, 0.3) is 0 Å². The molecule has 3 heteroatoms. The third-order valence-electron chi connectivity index (χ3n) is 4.82. The molecule has 1 atom stereocenters. The van der Waals surface area contributed by atoms with E-state index in [-0.39, 0.29) is 0 Å². The van der Waals surface area contributed by atoms with Gasteiger partial charge in [-0.3, -0.25) is 4.90 Å². The molecule has 1 N–H and O–H groups in total. The fraction of sp³-hybridized carbons (Fsp3) is 0.625. The van der Waals surface area contributed by atoms with E-state index in [2.05, 4.69) is 42.5 Å². The van der Waals surface area contributed by atoms with Crippen molar-refractivity contribution in [1.82, 2.24) is 10.2 Å². The lowest BCUT2D eigenvalue weighted by Crippen LogP contribution is -2.40. The topological polar surface area (TPSA) is 24.5 Å². The average Bonchev–Trinajstić information content (AvgIpc) is 3.19. The number of nitrogens with zero attached hydrogens (tertiary/aromatic N) is 1. The maximum Gasteiger partial charge on any atom is 0.119 e. The van der Waals surface area contributed by atoms with E-state index in [9.17, 15) is 0 Å². The zero-order chi connectivity index (χ0) is 13.5. The molecule has 1 aliphatic heterocycles. The minimum Gasteiger partial charge on any atom is -0.497 e. The highest BCUT2D eigenvalue weighted by molar-refractivity contribution is 5.41. The van der Waals surface area contributed by atoms with Crippen molar-refractivity contribution in [2.75, 3.05) is 34.3 Å². The number of hydrogen-bond donors (Lipinski definition) is 1. The zero-order valence-corrected chi connectivity index (χ0v) is 12.2. The van der Waals surface area contributed by atoms with Crippen LogP contribution in [-0.2, 0) is 6.42 Å². The Balaban J connectivity index is 1.97. The summed E-state index contributed by atoms with van der Waals surface area (Å²) in [5.74, 6) is 0.987. The van der Waals surface area contributed by atoms with Gasteiger partial charge in [0.15, 0.2) is 0 Å². The molecular weight excluding hydrogens is 236 g/mol. The molecule has 104 valence electrons. The summed E-state index contributed by atoms with van der Waals surface area (Å²) < 4.78 is 5.37. The highest BCUT2D eigenvalue weighted by Gasteiger charge is 2.52. The van der Waals surface area contributed by atoms with Crippen LogP contribution in [0.15, 0.2) is 18.2 Å². The lowest BCUT2D eigenvalue weighted by atomic mass is 9.82. The molecule has 0 aromatic heterocycles. The first-order valence-electron chi connectivity index (χ1n) is 7.22. The molecule has 0 spiro atoms. The minimum absolute atomic E-state index is 0.452. The Morgan fingerprint density at radius 3 is 2.84 bits per heavy atom. The first-order valence-corrected chi connectivity index (χ1v) is 7.22. The number of hydrogen-bond acceptors (Lipinski definition) is 3. The zero-order valence-electron chi connectivity index (χ0n) is 12.2. The van der Waals surface area contributed by atoms with Crippen molar-refractivity contribution >= 4 is 0 Å². The Morgan fingerprint density at radius 1 is 1.42 bits per heavy atom. The van der Waals surface area contributed by atoms with E-state index in [1.54, 1.807) is 7.11 Å². The van der Waals surface area contributed by atoms with Gasteiger partial charge >= 0.3 is 0 Å². The van der Waals surface area contributed by atoms with Gasteiger partial charge in [0.2, 0.25) is 0 Å². The molecule has 1 saturated carbocycles. The summed E-state index contributed by atoms with van der Waals surface area (Å²) in [6.07, 6.45) is 3.82. The van der Waals surface area contributed by atoms with Crippen molar-refractivity contribution in [3.63, 3.8) is 0 Å². The summed E-state index contributed by atoms with van der Waals surface area (Å²) in [4.78, 5) is 2.54. The summed E-state index contributed by atoms with van der Waals surface area (Å²) in [6.45, 7) is 2.27. The van der Waals surface area contributed by atoms with Gasteiger partial charge in [-0.05, 0) is 56.6 Å². The van der Waals surface area contributed by atoms with Gasteiger partial charge in [0, 0.05) is 24.5 Å². The monoisotopic (exact) mass is 260 g/mol. The SMILES string of the molecule is CNCC1(C2c3ccc(OC)cc3CCN2C)CC1. The number of benzene rings is 1. The van der Waals surface area contributed by atoms with Crippen LogP contribution in [0.2, 0.25) is 0 Å². The van der Waals surface area contributed by atoms with Crippen molar-refractivity contribution in [3.05, 3.63) is 29.3 Å². The van der Waals surface area contributed by atoms with E-state index in [4.69, 9.17) is 4.74 Å². The van der Waals surface area contributed by atoms with Crippen LogP contribution in [0.5, 0.6) is 5.75 Å². The van der Waals surface area contributed by atoms with E-state index >= 15 is 0 Å². The molecule has 3 rings (SSSR count). The highest BCUT2D eigenvalue weighted by Crippen LogP contribution is 2.58. The summed E-state index contributed by atoms with van der Waals surface area (Å²) in [6, 6.07) is 7.18. The molecule has 2 aliphatic rings. The molecule has 1 aliphatic carbocycles. The third kappa shape index (κ3) is 2.15. The fourth-order valence-corrected chi connectivity index (χ4v) is 3.71. The first-order chi connectivity index (χ1) is 9.20. The van der Waals surface area contributed by atoms with Gasteiger partial charge in [-0.25, -0.2) is 0 Å². The highest BCUT2D eigenvalue weighted by atomic mass is 16.5. The maximum absolute atomic E-state index is 5.37. The van der Waals surface area contributed by atoms with Gasteiger partial charge in [0.25, 0.3) is 0 Å². The number of fused-ring (bicyclic) bond motifs is 1. The van der Waals surface area contributed by atoms with E-state index in [0.29, 0.717) is 11.5 Å². The smallest absolute Gasteiger partial charge is 0.119 e. The molecule has 1 aromatic rings. The standard InChI is InChI=1S/C16H24N2O/c1-17-11-16(7-8-16)15-14-5-4-13(19-3)10-12(14)6-9-18(15)2/h4-5,10,15,17H,6-9,11H2,1-3H3. The van der Waals surface area contributed by atoms with Crippen LogP contribution in [0, 0.1) is 5.41 Å². The molecule has 19 heavy (non-hydrogen) atoms. The quantitative estimate of drug-likeness (QED) is 0.898. The predicted octanol–water partition coefficient (Wildman–Crippen LogP) is 2.22. The van der Waals surface area contributed by atoms with E-state index in [0.717, 1.165) is 25.3 Å². The number of methoxy groups -OCH3 is 1. The van der Waals surface area contributed by atoms with Gasteiger partial charge < -0.3 is 10.1 Å². The second kappa shape index (κ2) is 4.80. The van der Waals surface area contributed by atoms with Crippen molar-refractivity contribution in [3.8, 4) is 5.75 Å². The lowest BCUT2D eigenvalue weighted by molar-refractivity contribution is 0.147. The normalized spacial score (nSPS) is 24.9. The van der Waals surface area contributed by atoms with Crippen LogP contribution in [-0.4, -0.2) is 39.2 Å². The number of likely N-dealkylation sites (N-methyl/N-ethyl adjacent to an activating group) is 1. The second-order valence-corrected chi connectivity index (χ2v) is 6.09. The molecule has 1 unspecified atom stereocenters. The van der Waals surface area contributed by atoms with Crippen LogP contribution in [0.3, 0.4) is 0 Å². The Bertz CT molecular complexity index is 468. The first kappa shape index (κ1) is 12.9. The van der Waals surface area contributed by atoms with Crippen molar-refractivity contribution < 1.29 is 4.74 Å². The largest absolute Gasteiger partial charge is 0.497 e. The molecule has 1 fully saturated rings. The fourth-order valence-electron chi connectivity index (χ4n) is 3.71. The van der Waals surface area contributed by atoms with Crippen LogP contribution >= 0.6 is 0 Å². The Labute approximate surface area is 115 Å². The van der Waals surface area contributed by atoms with Crippen LogP contribution < -0.4 is 10.1 Å². The van der Waals surface area contributed by atoms with Crippen LogP contribution in [0.4, 0.5) is 0 Å². The summed E-state index contributed by atoms with van der Waals surface area (Å²) in [5.41, 5.74) is 3.44. The van der Waals surface area contributed by atoms with Gasteiger partial charge in [0.05, 0.1) is 7.11 Å². The van der Waals surface area contributed by atoms with Gasteiger partial charge in [-0.2, -0.15) is 0 Å². The Morgan fingerprint density at radius 2 is 2.21 bits per heavy atom. The second-order valence-electron chi connectivity index (χ2n) is 6.09. The molecule has 0 radical (unpaired) electrons. The molecule has 0 amide bonds. The molecule has 1 heterocycles. The molecule has 1 aromatic carbocycles. The summed E-state index contributed by atoms with van der Waals surface area (Å²) in [7, 11) is 6.09. The Hall–Kier alpha value is -1.06. The predicted molar refractivity (Wildman–Crippen MR) is 77.7 cm³/mol. The third-order valence-corrected chi connectivity index (χ3v) is 4.82. The number of nitrogens with one attached hydrogen (secondary N) is 1. The maximum atomic E-state index is 5.37. The molecule has 0 bridgehead atoms. The molecule has 0 saturated heterocycles. The number of rotatable bonds is 4. The van der Waals surface area contributed by atoms with Crippen LogP contribution in [0.1, 0.15) is 30.0 Å². The van der Waals surface area contributed by atoms with Gasteiger partial charge in [-0.1, -0.05) is 6.07 Å². The van der Waals surface area contributed by atoms with Crippen molar-refractivity contribution in [2.45, 2.75) is 25.3 Å². The summed E-state index contributed by atoms with van der Waals surface area (Å²) in [5, 5.41) is 3.39. The lowest BCUT2D eigenvalue weighted by Gasteiger charge is -2.40. The Kier molecular flexibility index (Phi) is 3.27. The van der Waals surface area contributed by atoms with Gasteiger partial charge in [0.1, 0.15) is 5.75 Å². The van der Waals surface area contributed by atoms with Crippen molar-refractivity contribution in [2.24, 2.45) is 5.41 Å². The molecular formula is C16H24N2O. The molecule has 3 nitrogen and oxygen atoms in total. The minimum atomic E-state index is 0.452. The van der Waals surface area contributed by atoms with E-state index < -0.39 is 0 Å². The number of ether oxygens (including phenoxy) is 1. The van der Waals surface area contributed by atoms with E-state index in [1.807, 2.05) is 0 Å². The van der Waals surface area contributed by atoms with E-state index in [1.165, 1.54) is 24.0 Å². The summed E-state index contributed by atoms with van der Waals surface area (Å²) >= 11 is 0. The average molecular weight is 260 g/mol. The van der Waals surface area contributed by atoms with Gasteiger partial charge in [-0.15, -0.1) is 0 Å². The van der Waals surface area contributed by atoms with Crippen molar-refractivity contribution in [1.29, 1.82) is 0 Å².